The number of aromatic nitrogens is 2. The number of carbonyl (C=O) groups is 1. The zero-order chi connectivity index (χ0) is 15.5. The van der Waals surface area contributed by atoms with Crippen LogP contribution >= 0.6 is 0 Å². The van der Waals surface area contributed by atoms with E-state index in [1.165, 1.54) is 6.92 Å². The van der Waals surface area contributed by atoms with E-state index in [-0.39, 0.29) is 13.2 Å². The van der Waals surface area contributed by atoms with Crippen molar-refractivity contribution in [2.24, 2.45) is 0 Å². The third-order valence-corrected chi connectivity index (χ3v) is 2.78. The average molecular weight is 298 g/mol. The lowest BCUT2D eigenvalue weighted by molar-refractivity contribution is -0.144. The molecule has 2 aromatic rings. The minimum Gasteiger partial charge on any atom is -0.462 e. The van der Waals surface area contributed by atoms with Crippen LogP contribution in [0.5, 0.6) is 0 Å². The maximum absolute atomic E-state index is 13.2. The van der Waals surface area contributed by atoms with Crippen LogP contribution in [0.1, 0.15) is 28.5 Å². The van der Waals surface area contributed by atoms with Gasteiger partial charge in [-0.1, -0.05) is 30.3 Å². The molecule has 0 saturated heterocycles. The highest BCUT2D eigenvalue weighted by Gasteiger charge is 2.40. The molecule has 4 nitrogen and oxygen atoms in total. The van der Waals surface area contributed by atoms with Crippen molar-refractivity contribution in [2.45, 2.75) is 19.6 Å². The molecule has 0 radical (unpaired) electrons. The number of halogens is 3. The Labute approximate surface area is 119 Å². The number of rotatable bonds is 4. The lowest BCUT2D eigenvalue weighted by Crippen LogP contribution is -2.19. The van der Waals surface area contributed by atoms with E-state index in [4.69, 9.17) is 0 Å². The molecule has 1 heterocycles. The molecule has 0 N–H and O–H groups in total. The first-order valence-electron chi connectivity index (χ1n) is 6.27. The maximum atomic E-state index is 13.2. The molecule has 21 heavy (non-hydrogen) atoms. The number of nitrogens with zero attached hydrogens (tertiary/aromatic N) is 2. The molecule has 1 aromatic heterocycles. The molecule has 112 valence electrons. The van der Waals surface area contributed by atoms with E-state index in [9.17, 15) is 18.0 Å². The second kappa shape index (κ2) is 5.99. The van der Waals surface area contributed by atoms with Crippen molar-refractivity contribution in [3.63, 3.8) is 0 Å². The molecule has 2 rings (SSSR count). The summed E-state index contributed by atoms with van der Waals surface area (Å²) in [4.78, 5) is 11.6. The van der Waals surface area contributed by atoms with Crippen molar-refractivity contribution in [1.82, 2.24) is 9.78 Å². The van der Waals surface area contributed by atoms with E-state index in [0.717, 1.165) is 10.9 Å². The minimum atomic E-state index is -4.69. The molecule has 0 aliphatic rings. The molecule has 7 heteroatoms. The topological polar surface area (TPSA) is 44.1 Å². The Morgan fingerprint density at radius 1 is 1.29 bits per heavy atom. The Morgan fingerprint density at radius 3 is 2.52 bits per heavy atom. The van der Waals surface area contributed by atoms with Gasteiger partial charge in [0.15, 0.2) is 5.69 Å². The van der Waals surface area contributed by atoms with E-state index in [1.54, 1.807) is 30.3 Å². The van der Waals surface area contributed by atoms with Gasteiger partial charge in [-0.05, 0) is 12.5 Å². The Morgan fingerprint density at radius 2 is 1.95 bits per heavy atom. The molecule has 0 fully saturated rings. The van der Waals surface area contributed by atoms with Crippen LogP contribution in [0.15, 0.2) is 36.5 Å². The summed E-state index contributed by atoms with van der Waals surface area (Å²) in [5, 5.41) is 3.68. The first-order chi connectivity index (χ1) is 9.93. The second-order valence-electron chi connectivity index (χ2n) is 4.27. The molecule has 1 aromatic carbocycles. The fraction of sp³-hybridized carbons (Fsp3) is 0.286. The monoisotopic (exact) mass is 298 g/mol. The zero-order valence-electron chi connectivity index (χ0n) is 11.2. The summed E-state index contributed by atoms with van der Waals surface area (Å²) < 4.78 is 44.9. The van der Waals surface area contributed by atoms with Gasteiger partial charge in [-0.15, -0.1) is 0 Å². The van der Waals surface area contributed by atoms with Gasteiger partial charge in [0.25, 0.3) is 0 Å². The summed E-state index contributed by atoms with van der Waals surface area (Å²) in [6.07, 6.45) is -3.79. The number of alkyl halides is 3. The minimum absolute atomic E-state index is 0.00000422. The smallest absolute Gasteiger partial charge is 0.433 e. The molecule has 0 aliphatic heterocycles. The standard InChI is InChI=1S/C14H13F3N2O2/c1-2-21-13(20)11-8-18-19(12(11)14(15,16)17)9-10-6-4-3-5-7-10/h3-8H,2,9H2,1H3. The highest BCUT2D eigenvalue weighted by atomic mass is 19.4. The molecule has 0 spiro atoms. The van der Waals surface area contributed by atoms with E-state index < -0.39 is 23.4 Å². The van der Waals surface area contributed by atoms with Gasteiger partial charge in [0.2, 0.25) is 0 Å². The average Bonchev–Trinajstić information content (AvgIpc) is 2.84. The van der Waals surface area contributed by atoms with Gasteiger partial charge in [0.05, 0.1) is 19.3 Å². The SMILES string of the molecule is CCOC(=O)c1cnn(Cc2ccccc2)c1C(F)(F)F. The van der Waals surface area contributed by atoms with Gasteiger partial charge in [-0.2, -0.15) is 18.3 Å². The molecule has 0 amide bonds. The van der Waals surface area contributed by atoms with Crippen molar-refractivity contribution < 1.29 is 22.7 Å². The molecule has 0 aliphatic carbocycles. The Kier molecular flexibility index (Phi) is 4.30. The van der Waals surface area contributed by atoms with E-state index in [2.05, 4.69) is 9.84 Å². The van der Waals surface area contributed by atoms with Gasteiger partial charge in [0, 0.05) is 0 Å². The van der Waals surface area contributed by atoms with Crippen LogP contribution in [0.3, 0.4) is 0 Å². The van der Waals surface area contributed by atoms with Gasteiger partial charge in [-0.25, -0.2) is 4.79 Å². The number of esters is 1. The summed E-state index contributed by atoms with van der Waals surface area (Å²) >= 11 is 0. The van der Waals surface area contributed by atoms with Crippen molar-refractivity contribution in [3.8, 4) is 0 Å². The van der Waals surface area contributed by atoms with Gasteiger partial charge >= 0.3 is 12.1 Å². The highest BCUT2D eigenvalue weighted by Crippen LogP contribution is 2.32. The number of ether oxygens (including phenoxy) is 1. The van der Waals surface area contributed by atoms with Crippen LogP contribution in [0.4, 0.5) is 13.2 Å². The molecule has 0 saturated carbocycles. The van der Waals surface area contributed by atoms with Crippen molar-refractivity contribution in [1.29, 1.82) is 0 Å². The third kappa shape index (κ3) is 3.42. The fourth-order valence-electron chi connectivity index (χ4n) is 1.92. The summed E-state index contributed by atoms with van der Waals surface area (Å²) in [6.45, 7) is 1.45. The summed E-state index contributed by atoms with van der Waals surface area (Å²) in [5.74, 6) is -1.02. The Bertz CT molecular complexity index is 621. The summed E-state index contributed by atoms with van der Waals surface area (Å²) in [7, 11) is 0. The van der Waals surface area contributed by atoms with Gasteiger partial charge < -0.3 is 4.74 Å². The predicted molar refractivity (Wildman–Crippen MR) is 68.7 cm³/mol. The van der Waals surface area contributed by atoms with Gasteiger partial charge in [0.1, 0.15) is 5.56 Å². The summed E-state index contributed by atoms with van der Waals surface area (Å²) in [5.41, 5.74) is -1.01. The summed E-state index contributed by atoms with van der Waals surface area (Å²) in [6, 6.07) is 8.58. The van der Waals surface area contributed by atoms with Crippen molar-refractivity contribution in [3.05, 3.63) is 53.3 Å². The number of carbonyl (C=O) groups excluding carboxylic acids is 1. The quantitative estimate of drug-likeness (QED) is 0.815. The van der Waals surface area contributed by atoms with Gasteiger partial charge in [-0.3, -0.25) is 4.68 Å². The van der Waals surface area contributed by atoms with Crippen LogP contribution in [0.25, 0.3) is 0 Å². The molecule has 0 bridgehead atoms. The Hall–Kier alpha value is -2.31. The second-order valence-corrected chi connectivity index (χ2v) is 4.27. The molecule has 0 atom stereocenters. The van der Waals surface area contributed by atoms with E-state index in [0.29, 0.717) is 5.56 Å². The van der Waals surface area contributed by atoms with E-state index >= 15 is 0 Å². The first-order valence-corrected chi connectivity index (χ1v) is 6.27. The number of hydrogen-bond acceptors (Lipinski definition) is 3. The maximum Gasteiger partial charge on any atom is 0.433 e. The third-order valence-electron chi connectivity index (χ3n) is 2.78. The predicted octanol–water partition coefficient (Wildman–Crippen LogP) is 3.13. The normalized spacial score (nSPS) is 11.4. The van der Waals surface area contributed by atoms with Crippen LogP contribution in [-0.4, -0.2) is 22.4 Å². The van der Waals surface area contributed by atoms with Crippen LogP contribution in [0, 0.1) is 0 Å². The van der Waals surface area contributed by atoms with Crippen LogP contribution in [-0.2, 0) is 17.5 Å². The molecular formula is C14H13F3N2O2. The van der Waals surface area contributed by atoms with Crippen LogP contribution in [0.2, 0.25) is 0 Å². The lowest BCUT2D eigenvalue weighted by Gasteiger charge is -2.12. The first kappa shape index (κ1) is 15.1. The van der Waals surface area contributed by atoms with Crippen molar-refractivity contribution >= 4 is 5.97 Å². The zero-order valence-corrected chi connectivity index (χ0v) is 11.2. The van der Waals surface area contributed by atoms with Crippen LogP contribution < -0.4 is 0 Å². The Balaban J connectivity index is 2.40. The van der Waals surface area contributed by atoms with E-state index in [1.807, 2.05) is 0 Å². The highest BCUT2D eigenvalue weighted by molar-refractivity contribution is 5.90. The lowest BCUT2D eigenvalue weighted by atomic mass is 10.2. The largest absolute Gasteiger partial charge is 0.462 e. The number of benzene rings is 1. The van der Waals surface area contributed by atoms with Crippen molar-refractivity contribution in [2.75, 3.05) is 6.61 Å². The number of hydrogen-bond donors (Lipinski definition) is 0. The molecular weight excluding hydrogens is 285 g/mol. The fourth-order valence-corrected chi connectivity index (χ4v) is 1.92. The molecule has 0 unspecified atom stereocenters.